The highest BCUT2D eigenvalue weighted by Gasteiger charge is 1.93. The average molecular weight is 155 g/mol. The number of allylic oxidation sites excluding steroid dienone is 2. The summed E-state index contributed by atoms with van der Waals surface area (Å²) in [6.07, 6.45) is 7.24. The summed E-state index contributed by atoms with van der Waals surface area (Å²) in [5.41, 5.74) is 1.13. The maximum Gasteiger partial charge on any atom is 0.106 e. The molecule has 2 heteroatoms. The average Bonchev–Trinajstić information content (AvgIpc) is 2.03. The molecule has 0 atom stereocenters. The predicted molar refractivity (Wildman–Crippen MR) is 48.8 cm³/mol. The highest BCUT2D eigenvalue weighted by molar-refractivity contribution is 5.83. The molecule has 0 amide bonds. The molecule has 0 saturated carbocycles. The molecule has 0 unspecified atom stereocenters. The highest BCUT2D eigenvalue weighted by Crippen LogP contribution is 1.98. The Hall–Kier alpha value is -0.790. The van der Waals surface area contributed by atoms with Crippen LogP contribution in [-0.4, -0.2) is 12.8 Å². The minimum absolute atomic E-state index is 0.978. The van der Waals surface area contributed by atoms with Gasteiger partial charge in [0.05, 0.1) is 5.71 Å². The fourth-order valence-corrected chi connectivity index (χ4v) is 0.833. The molecule has 64 valence electrons. The summed E-state index contributed by atoms with van der Waals surface area (Å²) >= 11 is 0. The smallest absolute Gasteiger partial charge is 0.106 e. The molecule has 0 saturated heterocycles. The molecule has 0 aliphatic carbocycles. The second-order valence-electron chi connectivity index (χ2n) is 2.30. The first-order valence-electron chi connectivity index (χ1n) is 4.05. The van der Waals surface area contributed by atoms with Crippen molar-refractivity contribution in [3.8, 4) is 0 Å². The summed E-state index contributed by atoms with van der Waals surface area (Å²) in [6.45, 7) is 4.12. The lowest BCUT2D eigenvalue weighted by atomic mass is 10.1. The summed E-state index contributed by atoms with van der Waals surface area (Å²) < 4.78 is 0. The first-order valence-corrected chi connectivity index (χ1v) is 4.05. The molecule has 0 rings (SSSR count). The summed E-state index contributed by atoms with van der Waals surface area (Å²) in [6, 6.07) is 0. The predicted octanol–water partition coefficient (Wildman–Crippen LogP) is 2.76. The van der Waals surface area contributed by atoms with Gasteiger partial charge in [-0.25, -0.2) is 0 Å². The summed E-state index contributed by atoms with van der Waals surface area (Å²) in [5, 5.41) is 3.90. The number of oxime groups is 1. The van der Waals surface area contributed by atoms with E-state index >= 15 is 0 Å². The van der Waals surface area contributed by atoms with Gasteiger partial charge in [-0.2, -0.15) is 0 Å². The van der Waals surface area contributed by atoms with Gasteiger partial charge < -0.3 is 4.84 Å². The van der Waals surface area contributed by atoms with Gasteiger partial charge >= 0.3 is 0 Å². The van der Waals surface area contributed by atoms with E-state index in [4.69, 9.17) is 0 Å². The van der Waals surface area contributed by atoms with Crippen LogP contribution < -0.4 is 0 Å². The SMILES string of the molecule is CC=CCCC(CC)=NOC. The lowest BCUT2D eigenvalue weighted by molar-refractivity contribution is 0.212. The topological polar surface area (TPSA) is 21.6 Å². The summed E-state index contributed by atoms with van der Waals surface area (Å²) in [5.74, 6) is 0. The van der Waals surface area contributed by atoms with E-state index in [1.54, 1.807) is 7.11 Å². The normalized spacial score (nSPS) is 12.5. The molecule has 0 aliphatic rings. The molecule has 0 aromatic carbocycles. The third-order valence-corrected chi connectivity index (χ3v) is 1.46. The Labute approximate surface area is 68.9 Å². The van der Waals surface area contributed by atoms with E-state index in [9.17, 15) is 0 Å². The van der Waals surface area contributed by atoms with Crippen LogP contribution in [0.4, 0.5) is 0 Å². The van der Waals surface area contributed by atoms with E-state index in [0.717, 1.165) is 25.0 Å². The van der Waals surface area contributed by atoms with Gasteiger partial charge in [0.25, 0.3) is 0 Å². The quantitative estimate of drug-likeness (QED) is 0.340. The molecule has 0 heterocycles. The third-order valence-electron chi connectivity index (χ3n) is 1.46. The summed E-state index contributed by atoms with van der Waals surface area (Å²) in [4.78, 5) is 4.69. The minimum Gasteiger partial charge on any atom is -0.399 e. The van der Waals surface area contributed by atoms with E-state index in [0.29, 0.717) is 0 Å². The summed E-state index contributed by atoms with van der Waals surface area (Å²) in [7, 11) is 1.59. The molecular weight excluding hydrogens is 138 g/mol. The van der Waals surface area contributed by atoms with E-state index in [-0.39, 0.29) is 0 Å². The number of nitrogens with zero attached hydrogens (tertiary/aromatic N) is 1. The van der Waals surface area contributed by atoms with Crippen LogP contribution in [0.2, 0.25) is 0 Å². The maximum absolute atomic E-state index is 4.69. The highest BCUT2D eigenvalue weighted by atomic mass is 16.6. The van der Waals surface area contributed by atoms with Crippen LogP contribution in [0.1, 0.15) is 33.1 Å². The zero-order chi connectivity index (χ0) is 8.53. The Morgan fingerprint density at radius 2 is 2.27 bits per heavy atom. The van der Waals surface area contributed by atoms with Crippen molar-refractivity contribution in [1.29, 1.82) is 0 Å². The van der Waals surface area contributed by atoms with Gasteiger partial charge in [-0.1, -0.05) is 24.2 Å². The van der Waals surface area contributed by atoms with Gasteiger partial charge in [0.2, 0.25) is 0 Å². The standard InChI is InChI=1S/C9H17NO/c1-4-6-7-8-9(5-2)10-11-3/h4,6H,5,7-8H2,1-3H3. The minimum atomic E-state index is 0.978. The Balaban J connectivity index is 3.60. The van der Waals surface area contributed by atoms with Gasteiger partial charge in [-0.15, -0.1) is 0 Å². The van der Waals surface area contributed by atoms with E-state index < -0.39 is 0 Å². The van der Waals surface area contributed by atoms with Crippen molar-refractivity contribution in [3.05, 3.63) is 12.2 Å². The number of hydrogen-bond acceptors (Lipinski definition) is 2. The van der Waals surface area contributed by atoms with Crippen LogP contribution in [-0.2, 0) is 4.84 Å². The van der Waals surface area contributed by atoms with Gasteiger partial charge in [-0.3, -0.25) is 0 Å². The fourth-order valence-electron chi connectivity index (χ4n) is 0.833. The Bertz CT molecular complexity index is 138. The van der Waals surface area contributed by atoms with E-state index in [1.807, 2.05) is 6.92 Å². The van der Waals surface area contributed by atoms with Crippen LogP contribution in [0.3, 0.4) is 0 Å². The fraction of sp³-hybridized carbons (Fsp3) is 0.667. The van der Waals surface area contributed by atoms with Crippen LogP contribution in [0.25, 0.3) is 0 Å². The zero-order valence-electron chi connectivity index (χ0n) is 7.63. The Morgan fingerprint density at radius 1 is 1.55 bits per heavy atom. The molecular formula is C9H17NO. The molecule has 0 bridgehead atoms. The largest absolute Gasteiger partial charge is 0.399 e. The van der Waals surface area contributed by atoms with E-state index in [2.05, 4.69) is 29.1 Å². The second kappa shape index (κ2) is 7.32. The van der Waals surface area contributed by atoms with Crippen LogP contribution in [0, 0.1) is 0 Å². The molecule has 0 N–H and O–H groups in total. The van der Waals surface area contributed by atoms with Gasteiger partial charge in [-0.05, 0) is 26.2 Å². The number of rotatable bonds is 5. The first-order chi connectivity index (χ1) is 5.35. The first kappa shape index (κ1) is 10.2. The van der Waals surface area contributed by atoms with Crippen molar-refractivity contribution in [2.75, 3.05) is 7.11 Å². The van der Waals surface area contributed by atoms with E-state index in [1.165, 1.54) is 0 Å². The number of hydrogen-bond donors (Lipinski definition) is 0. The van der Waals surface area contributed by atoms with Gasteiger partial charge in [0.15, 0.2) is 0 Å². The van der Waals surface area contributed by atoms with Gasteiger partial charge in [0, 0.05) is 0 Å². The molecule has 0 spiro atoms. The molecule has 2 nitrogen and oxygen atoms in total. The lowest BCUT2D eigenvalue weighted by Gasteiger charge is -1.98. The molecule has 0 radical (unpaired) electrons. The molecule has 0 aromatic rings. The third kappa shape index (κ3) is 5.64. The van der Waals surface area contributed by atoms with Crippen molar-refractivity contribution in [2.45, 2.75) is 33.1 Å². The van der Waals surface area contributed by atoms with Crippen LogP contribution >= 0.6 is 0 Å². The van der Waals surface area contributed by atoms with Gasteiger partial charge in [0.1, 0.15) is 7.11 Å². The van der Waals surface area contributed by atoms with Crippen LogP contribution in [0.15, 0.2) is 17.3 Å². The lowest BCUT2D eigenvalue weighted by Crippen LogP contribution is -1.95. The van der Waals surface area contributed by atoms with Crippen molar-refractivity contribution < 1.29 is 4.84 Å². The Morgan fingerprint density at radius 3 is 2.73 bits per heavy atom. The van der Waals surface area contributed by atoms with Crippen molar-refractivity contribution in [1.82, 2.24) is 0 Å². The second-order valence-corrected chi connectivity index (χ2v) is 2.30. The molecule has 0 fully saturated rings. The van der Waals surface area contributed by atoms with Crippen molar-refractivity contribution in [2.24, 2.45) is 5.16 Å². The molecule has 11 heavy (non-hydrogen) atoms. The zero-order valence-corrected chi connectivity index (χ0v) is 7.63. The van der Waals surface area contributed by atoms with Crippen LogP contribution in [0.5, 0.6) is 0 Å². The molecule has 0 aliphatic heterocycles. The monoisotopic (exact) mass is 155 g/mol. The maximum atomic E-state index is 4.69. The van der Waals surface area contributed by atoms with Crippen molar-refractivity contribution >= 4 is 5.71 Å². The Kier molecular flexibility index (Phi) is 6.79. The van der Waals surface area contributed by atoms with Crippen molar-refractivity contribution in [3.63, 3.8) is 0 Å². The molecule has 0 aromatic heterocycles.